The molecule has 7 heteroatoms. The molecule has 2 aliphatic heterocycles. The van der Waals surface area contributed by atoms with Crippen LogP contribution in [0.2, 0.25) is 0 Å². The van der Waals surface area contributed by atoms with Gasteiger partial charge in [0, 0.05) is 6.54 Å². The van der Waals surface area contributed by atoms with E-state index in [1.165, 1.54) is 11.5 Å². The van der Waals surface area contributed by atoms with Gasteiger partial charge in [-0.15, -0.1) is 5.06 Å². The van der Waals surface area contributed by atoms with Crippen molar-refractivity contribution in [2.75, 3.05) is 6.54 Å². The zero-order valence-corrected chi connectivity index (χ0v) is 9.69. The van der Waals surface area contributed by atoms with Crippen LogP contribution in [0.1, 0.15) is 32.1 Å². The van der Waals surface area contributed by atoms with Crippen molar-refractivity contribution in [1.82, 2.24) is 5.06 Å². The Kier molecular flexibility index (Phi) is 2.67. The second-order valence-electron chi connectivity index (χ2n) is 4.48. The fraction of sp³-hybridized carbons (Fsp3) is 1.00. The fourth-order valence-corrected chi connectivity index (χ4v) is 3.13. The van der Waals surface area contributed by atoms with E-state index in [1.54, 1.807) is 0 Å². The molecule has 92 valence electrons. The largest absolute Gasteiger partial charge is 0.418 e. The Bertz CT molecular complexity index is 366. The molecule has 1 aliphatic carbocycles. The summed E-state index contributed by atoms with van der Waals surface area (Å²) < 4.78 is 37.8. The summed E-state index contributed by atoms with van der Waals surface area (Å²) in [6, 6.07) is 0. The molecule has 0 aromatic rings. The Morgan fingerprint density at radius 3 is 2.69 bits per heavy atom. The van der Waals surface area contributed by atoms with Gasteiger partial charge < -0.3 is 4.74 Å². The predicted molar refractivity (Wildman–Crippen MR) is 53.3 cm³/mol. The number of hydrogen-bond donors (Lipinski definition) is 0. The molecular weight excluding hydrogens is 234 g/mol. The molecule has 1 saturated carbocycles. The van der Waals surface area contributed by atoms with Crippen molar-refractivity contribution in [3.63, 3.8) is 0 Å². The van der Waals surface area contributed by atoms with E-state index >= 15 is 0 Å². The normalized spacial score (nSPS) is 39.2. The van der Waals surface area contributed by atoms with Gasteiger partial charge in [0.2, 0.25) is 0 Å². The molecule has 0 amide bonds. The molecule has 2 saturated heterocycles. The smallest absolute Gasteiger partial charge is 0.371 e. The highest BCUT2D eigenvalue weighted by Gasteiger charge is 2.46. The van der Waals surface area contributed by atoms with Crippen LogP contribution in [0.5, 0.6) is 0 Å². The lowest BCUT2D eigenvalue weighted by atomic mass is 9.95. The Labute approximate surface area is 94.7 Å². The molecule has 0 aromatic heterocycles. The first-order valence-corrected chi connectivity index (χ1v) is 7.02. The summed E-state index contributed by atoms with van der Waals surface area (Å²) in [5, 5.41) is 1.38. The van der Waals surface area contributed by atoms with E-state index in [0.29, 0.717) is 6.54 Å². The minimum absolute atomic E-state index is 0.184. The average Bonchev–Trinajstić information content (AvgIpc) is 2.46. The Hall–Kier alpha value is -0.210. The molecule has 0 N–H and O–H groups in total. The Morgan fingerprint density at radius 2 is 2.00 bits per heavy atom. The van der Waals surface area contributed by atoms with Crippen molar-refractivity contribution in [1.29, 1.82) is 0 Å². The summed E-state index contributed by atoms with van der Waals surface area (Å²) in [5.41, 5.74) is 0. The third-order valence-corrected chi connectivity index (χ3v) is 4.10. The van der Waals surface area contributed by atoms with E-state index in [1.807, 2.05) is 0 Å². The van der Waals surface area contributed by atoms with Crippen LogP contribution in [0.15, 0.2) is 0 Å². The molecular formula is C9H15NO5S. The summed E-state index contributed by atoms with van der Waals surface area (Å²) in [6.45, 7) is 0.578. The van der Waals surface area contributed by atoms with Crippen LogP contribution in [0.3, 0.4) is 0 Å². The van der Waals surface area contributed by atoms with Crippen molar-refractivity contribution in [2.45, 2.75) is 50.5 Å². The highest BCUT2D eigenvalue weighted by Crippen LogP contribution is 2.33. The zero-order valence-electron chi connectivity index (χ0n) is 8.87. The third kappa shape index (κ3) is 1.98. The van der Waals surface area contributed by atoms with Gasteiger partial charge in [0.25, 0.3) is 0 Å². The van der Waals surface area contributed by atoms with Crippen molar-refractivity contribution < 1.29 is 21.6 Å². The highest BCUT2D eigenvalue weighted by molar-refractivity contribution is 7.82. The molecule has 0 aromatic carbocycles. The third-order valence-electron chi connectivity index (χ3n) is 3.29. The summed E-state index contributed by atoms with van der Waals surface area (Å²) in [7, 11) is -3.84. The molecule has 3 rings (SSSR count). The molecule has 2 unspecified atom stereocenters. The van der Waals surface area contributed by atoms with Crippen LogP contribution < -0.4 is 0 Å². The van der Waals surface area contributed by atoms with E-state index in [-0.39, 0.29) is 12.2 Å². The minimum Gasteiger partial charge on any atom is -0.371 e. The maximum Gasteiger partial charge on any atom is 0.418 e. The number of nitrogens with zero attached hydrogens (tertiary/aromatic N) is 1. The van der Waals surface area contributed by atoms with E-state index in [0.717, 1.165) is 25.7 Å². The maximum absolute atomic E-state index is 11.2. The second kappa shape index (κ2) is 3.92. The standard InChI is InChI=1S/C9H15NO5S/c11-16(12)14-9-8(13-7-3-1-4-7)5-2-6-10(9)15-16/h7-9H,1-6H2. The first-order valence-electron chi connectivity index (χ1n) is 5.69. The molecule has 16 heavy (non-hydrogen) atoms. The van der Waals surface area contributed by atoms with Gasteiger partial charge in [-0.1, -0.05) is 0 Å². The maximum atomic E-state index is 11.2. The van der Waals surface area contributed by atoms with Crippen molar-refractivity contribution in [3.8, 4) is 0 Å². The van der Waals surface area contributed by atoms with Gasteiger partial charge in [-0.3, -0.25) is 0 Å². The summed E-state index contributed by atoms with van der Waals surface area (Å²) >= 11 is 0. The molecule has 2 heterocycles. The second-order valence-corrected chi connectivity index (χ2v) is 5.64. The van der Waals surface area contributed by atoms with Crippen molar-refractivity contribution in [2.24, 2.45) is 0 Å². The van der Waals surface area contributed by atoms with Gasteiger partial charge >= 0.3 is 10.4 Å². The molecule has 2 atom stereocenters. The molecule has 0 bridgehead atoms. The quantitative estimate of drug-likeness (QED) is 0.712. The van der Waals surface area contributed by atoms with E-state index in [2.05, 4.69) is 0 Å². The summed E-state index contributed by atoms with van der Waals surface area (Å²) in [6.07, 6.45) is 4.53. The van der Waals surface area contributed by atoms with Crippen molar-refractivity contribution >= 4 is 10.4 Å². The number of piperidine rings is 1. The number of hydrogen-bond acceptors (Lipinski definition) is 6. The molecule has 0 spiro atoms. The molecule has 0 radical (unpaired) electrons. The van der Waals surface area contributed by atoms with Gasteiger partial charge in [-0.25, -0.2) is 4.18 Å². The highest BCUT2D eigenvalue weighted by atomic mass is 32.3. The molecule has 3 aliphatic rings. The van der Waals surface area contributed by atoms with Gasteiger partial charge in [-0.05, 0) is 32.1 Å². The summed E-state index contributed by atoms with van der Waals surface area (Å²) in [4.78, 5) is 0. The Morgan fingerprint density at radius 1 is 1.19 bits per heavy atom. The van der Waals surface area contributed by atoms with Crippen LogP contribution in [0.4, 0.5) is 0 Å². The van der Waals surface area contributed by atoms with Gasteiger partial charge in [-0.2, -0.15) is 12.7 Å². The topological polar surface area (TPSA) is 65.1 Å². The number of rotatable bonds is 2. The monoisotopic (exact) mass is 249 g/mol. The minimum atomic E-state index is -3.84. The lowest BCUT2D eigenvalue weighted by molar-refractivity contribution is -0.197. The number of fused-ring (bicyclic) bond motifs is 1. The predicted octanol–water partition coefficient (Wildman–Crippen LogP) is 0.553. The molecule has 6 nitrogen and oxygen atoms in total. The lowest BCUT2D eigenvalue weighted by Crippen LogP contribution is -2.47. The van der Waals surface area contributed by atoms with E-state index in [9.17, 15) is 8.42 Å². The molecule has 3 fully saturated rings. The van der Waals surface area contributed by atoms with Crippen LogP contribution >= 0.6 is 0 Å². The number of hydroxylamine groups is 2. The zero-order chi connectivity index (χ0) is 11.2. The summed E-state index contributed by atoms with van der Waals surface area (Å²) in [5.74, 6) is 0. The van der Waals surface area contributed by atoms with E-state index in [4.69, 9.17) is 13.2 Å². The van der Waals surface area contributed by atoms with Crippen LogP contribution in [0.25, 0.3) is 0 Å². The van der Waals surface area contributed by atoms with Gasteiger partial charge in [0.15, 0.2) is 6.23 Å². The van der Waals surface area contributed by atoms with Crippen LogP contribution in [-0.4, -0.2) is 38.5 Å². The van der Waals surface area contributed by atoms with Gasteiger partial charge in [0.05, 0.1) is 6.10 Å². The first-order chi connectivity index (χ1) is 7.64. The van der Waals surface area contributed by atoms with E-state index < -0.39 is 16.6 Å². The van der Waals surface area contributed by atoms with Crippen molar-refractivity contribution in [3.05, 3.63) is 0 Å². The number of ether oxygens (including phenoxy) is 1. The first kappa shape index (κ1) is 10.9. The SMILES string of the molecule is O=S1(=O)OC2C(OC3CCC3)CCCN2O1. The fourth-order valence-electron chi connectivity index (χ4n) is 2.24. The lowest BCUT2D eigenvalue weighted by Gasteiger charge is -2.36. The average molecular weight is 249 g/mol. The van der Waals surface area contributed by atoms with Crippen LogP contribution in [0, 0.1) is 0 Å². The Balaban J connectivity index is 1.69. The van der Waals surface area contributed by atoms with Gasteiger partial charge in [0.1, 0.15) is 6.10 Å². The van der Waals surface area contributed by atoms with Crippen LogP contribution in [-0.2, 0) is 23.6 Å².